The van der Waals surface area contributed by atoms with E-state index >= 15 is 0 Å². The molecule has 0 rings (SSSR count). The molecule has 0 aliphatic heterocycles. The Morgan fingerprint density at radius 2 is 1.38 bits per heavy atom. The maximum Gasteiger partial charge on any atom is 0.281 e. The van der Waals surface area contributed by atoms with Gasteiger partial charge in [0.1, 0.15) is 17.8 Å². The fourth-order valence-electron chi connectivity index (χ4n) is 1.07. The van der Waals surface area contributed by atoms with Crippen LogP contribution in [0, 0.1) is 0 Å². The first-order valence-corrected chi connectivity index (χ1v) is 5.28. The SMILES string of the molecule is CC(O)N(C(C)O)C(C)S(=O)(=O)O. The summed E-state index contributed by atoms with van der Waals surface area (Å²) in [6.45, 7) is 3.78. The Morgan fingerprint density at radius 1 is 1.08 bits per heavy atom. The first-order valence-electron chi connectivity index (χ1n) is 3.77. The largest absolute Gasteiger partial charge is 0.379 e. The molecule has 0 heterocycles. The summed E-state index contributed by atoms with van der Waals surface area (Å²) in [5, 5.41) is 16.9. The van der Waals surface area contributed by atoms with E-state index in [0.717, 1.165) is 4.90 Å². The zero-order valence-corrected chi connectivity index (χ0v) is 8.56. The van der Waals surface area contributed by atoms with Crippen LogP contribution in [0.3, 0.4) is 0 Å². The molecular weight excluding hydrogens is 198 g/mol. The van der Waals surface area contributed by atoms with Gasteiger partial charge in [-0.05, 0) is 20.8 Å². The quantitative estimate of drug-likeness (QED) is 0.418. The average Bonchev–Trinajstić information content (AvgIpc) is 1.82. The first kappa shape index (κ1) is 12.8. The van der Waals surface area contributed by atoms with Crippen molar-refractivity contribution in [1.82, 2.24) is 4.90 Å². The maximum atomic E-state index is 10.7. The van der Waals surface area contributed by atoms with Crippen LogP contribution in [0.5, 0.6) is 0 Å². The highest BCUT2D eigenvalue weighted by molar-refractivity contribution is 7.86. The molecule has 0 saturated heterocycles. The van der Waals surface area contributed by atoms with Gasteiger partial charge in [0.2, 0.25) is 0 Å². The normalized spacial score (nSPS) is 19.9. The Bertz CT molecular complexity index is 240. The summed E-state index contributed by atoms with van der Waals surface area (Å²) in [7, 11) is -4.29. The Kier molecular flexibility index (Phi) is 4.27. The second-order valence-electron chi connectivity index (χ2n) is 2.83. The zero-order valence-electron chi connectivity index (χ0n) is 7.75. The molecule has 0 spiro atoms. The summed E-state index contributed by atoms with van der Waals surface area (Å²) >= 11 is 0. The summed E-state index contributed by atoms with van der Waals surface area (Å²) in [6, 6.07) is 0. The number of rotatable bonds is 4. The average molecular weight is 213 g/mol. The van der Waals surface area contributed by atoms with E-state index < -0.39 is 27.9 Å². The molecule has 6 nitrogen and oxygen atoms in total. The van der Waals surface area contributed by atoms with Crippen molar-refractivity contribution in [3.63, 3.8) is 0 Å². The van der Waals surface area contributed by atoms with Gasteiger partial charge in [0, 0.05) is 0 Å². The second kappa shape index (κ2) is 4.34. The monoisotopic (exact) mass is 213 g/mol. The van der Waals surface area contributed by atoms with Gasteiger partial charge in [-0.3, -0.25) is 4.55 Å². The van der Waals surface area contributed by atoms with Gasteiger partial charge in [0.25, 0.3) is 10.1 Å². The van der Waals surface area contributed by atoms with Gasteiger partial charge in [-0.15, -0.1) is 0 Å². The molecule has 0 aromatic rings. The van der Waals surface area contributed by atoms with Gasteiger partial charge in [0.15, 0.2) is 0 Å². The second-order valence-corrected chi connectivity index (χ2v) is 4.54. The van der Waals surface area contributed by atoms with Crippen LogP contribution in [0.4, 0.5) is 0 Å². The Balaban J connectivity index is 4.77. The lowest BCUT2D eigenvalue weighted by Gasteiger charge is -2.31. The minimum absolute atomic E-state index is 0.856. The summed E-state index contributed by atoms with van der Waals surface area (Å²) in [5.41, 5.74) is 0. The molecule has 7 heteroatoms. The number of aliphatic hydroxyl groups is 2. The fraction of sp³-hybridized carbons (Fsp3) is 1.00. The summed E-state index contributed by atoms with van der Waals surface area (Å²) in [4.78, 5) is 0.856. The molecule has 0 amide bonds. The lowest BCUT2D eigenvalue weighted by atomic mass is 10.4. The van der Waals surface area contributed by atoms with Crippen molar-refractivity contribution in [2.45, 2.75) is 38.6 Å². The predicted molar refractivity (Wildman–Crippen MR) is 46.2 cm³/mol. The minimum atomic E-state index is -4.29. The van der Waals surface area contributed by atoms with Crippen molar-refractivity contribution >= 4 is 10.1 Å². The molecule has 0 bridgehead atoms. The number of hydrogen-bond donors (Lipinski definition) is 3. The topological polar surface area (TPSA) is 98.1 Å². The van der Waals surface area contributed by atoms with Crippen LogP contribution in [0.1, 0.15) is 20.8 Å². The molecule has 0 radical (unpaired) electrons. The van der Waals surface area contributed by atoms with E-state index in [1.165, 1.54) is 20.8 Å². The van der Waals surface area contributed by atoms with E-state index in [4.69, 9.17) is 14.8 Å². The standard InChI is InChI=1S/C6H15NO5S/c1-4(8)7(5(2)9)6(3)13(10,11)12/h4-6,8-9H,1-3H3,(H,10,11,12). The minimum Gasteiger partial charge on any atom is -0.379 e. The lowest BCUT2D eigenvalue weighted by Crippen LogP contribution is -2.49. The van der Waals surface area contributed by atoms with Crippen LogP contribution in [0.15, 0.2) is 0 Å². The van der Waals surface area contributed by atoms with Gasteiger partial charge in [-0.1, -0.05) is 0 Å². The van der Waals surface area contributed by atoms with E-state index in [0.29, 0.717) is 0 Å². The molecule has 0 aliphatic rings. The van der Waals surface area contributed by atoms with E-state index in [9.17, 15) is 8.42 Å². The maximum absolute atomic E-state index is 10.7. The van der Waals surface area contributed by atoms with Crippen LogP contribution in [-0.4, -0.2) is 45.9 Å². The number of hydrogen-bond acceptors (Lipinski definition) is 5. The summed E-state index contributed by atoms with van der Waals surface area (Å²) in [6.07, 6.45) is -2.31. The molecule has 3 unspecified atom stereocenters. The third-order valence-electron chi connectivity index (χ3n) is 1.71. The van der Waals surface area contributed by atoms with Crippen LogP contribution in [-0.2, 0) is 10.1 Å². The number of aliphatic hydroxyl groups excluding tert-OH is 2. The Morgan fingerprint density at radius 3 is 1.46 bits per heavy atom. The van der Waals surface area contributed by atoms with Crippen molar-refractivity contribution in [3.05, 3.63) is 0 Å². The number of nitrogens with zero attached hydrogens (tertiary/aromatic N) is 1. The van der Waals surface area contributed by atoms with E-state index in [-0.39, 0.29) is 0 Å². The van der Waals surface area contributed by atoms with Crippen LogP contribution < -0.4 is 0 Å². The predicted octanol–water partition coefficient (Wildman–Crippen LogP) is -0.801. The van der Waals surface area contributed by atoms with Crippen LogP contribution >= 0.6 is 0 Å². The van der Waals surface area contributed by atoms with Crippen molar-refractivity contribution in [1.29, 1.82) is 0 Å². The van der Waals surface area contributed by atoms with Gasteiger partial charge in [-0.25, -0.2) is 4.90 Å². The van der Waals surface area contributed by atoms with Crippen molar-refractivity contribution in [2.24, 2.45) is 0 Å². The summed E-state index contributed by atoms with van der Waals surface area (Å²) in [5.74, 6) is 0. The van der Waals surface area contributed by atoms with Gasteiger partial charge < -0.3 is 10.2 Å². The molecule has 3 N–H and O–H groups in total. The Hall–Kier alpha value is -0.210. The van der Waals surface area contributed by atoms with Crippen LogP contribution in [0.25, 0.3) is 0 Å². The molecule has 0 aromatic carbocycles. The van der Waals surface area contributed by atoms with E-state index in [1.807, 2.05) is 0 Å². The van der Waals surface area contributed by atoms with Crippen molar-refractivity contribution < 1.29 is 23.2 Å². The molecular formula is C6H15NO5S. The van der Waals surface area contributed by atoms with Crippen molar-refractivity contribution in [2.75, 3.05) is 0 Å². The first-order chi connectivity index (χ1) is 5.68. The molecule has 0 aliphatic carbocycles. The third kappa shape index (κ3) is 3.57. The van der Waals surface area contributed by atoms with Gasteiger partial charge in [-0.2, -0.15) is 8.42 Å². The van der Waals surface area contributed by atoms with Gasteiger partial charge in [0.05, 0.1) is 0 Å². The molecule has 80 valence electrons. The molecule has 3 atom stereocenters. The summed E-state index contributed by atoms with van der Waals surface area (Å²) < 4.78 is 30.0. The zero-order chi connectivity index (χ0) is 10.8. The lowest BCUT2D eigenvalue weighted by molar-refractivity contribution is -0.0908. The van der Waals surface area contributed by atoms with Crippen molar-refractivity contribution in [3.8, 4) is 0 Å². The molecule has 13 heavy (non-hydrogen) atoms. The van der Waals surface area contributed by atoms with E-state index in [1.54, 1.807) is 0 Å². The highest BCUT2D eigenvalue weighted by Gasteiger charge is 2.30. The highest BCUT2D eigenvalue weighted by atomic mass is 32.2. The Labute approximate surface area is 77.5 Å². The van der Waals surface area contributed by atoms with E-state index in [2.05, 4.69) is 0 Å². The fourth-order valence-corrected chi connectivity index (χ4v) is 1.73. The van der Waals surface area contributed by atoms with Gasteiger partial charge >= 0.3 is 0 Å². The molecule has 0 aromatic heterocycles. The highest BCUT2D eigenvalue weighted by Crippen LogP contribution is 2.11. The smallest absolute Gasteiger partial charge is 0.281 e. The molecule has 0 fully saturated rings. The third-order valence-corrected chi connectivity index (χ3v) is 2.82. The van der Waals surface area contributed by atoms with Crippen LogP contribution in [0.2, 0.25) is 0 Å². The molecule has 0 saturated carbocycles.